The molecule has 0 amide bonds. The summed E-state index contributed by atoms with van der Waals surface area (Å²) in [6.07, 6.45) is 4.47. The number of benzene rings is 1. The number of aromatic nitrogens is 1. The first-order valence-corrected chi connectivity index (χ1v) is 7.28. The van der Waals surface area contributed by atoms with Gasteiger partial charge in [-0.2, -0.15) is 0 Å². The Morgan fingerprint density at radius 3 is 2.45 bits per heavy atom. The lowest BCUT2D eigenvalue weighted by molar-refractivity contribution is 0.851. The second-order valence-electron chi connectivity index (χ2n) is 5.49. The zero-order valence-corrected chi connectivity index (χ0v) is 11.9. The van der Waals surface area contributed by atoms with Crippen molar-refractivity contribution in [2.45, 2.75) is 25.8 Å². The number of hydrogen-bond acceptors (Lipinski definition) is 3. The zero-order chi connectivity index (χ0) is 13.9. The summed E-state index contributed by atoms with van der Waals surface area (Å²) in [5.74, 6) is 1.12. The van der Waals surface area contributed by atoms with E-state index in [2.05, 4.69) is 35.0 Å². The smallest absolute Gasteiger partial charge is 0.131 e. The lowest BCUT2D eigenvalue weighted by atomic mass is 10.00. The molecule has 2 aromatic rings. The molecule has 1 atom stereocenters. The number of nitrogens with two attached hydrogens (primary N) is 1. The summed E-state index contributed by atoms with van der Waals surface area (Å²) in [5, 5.41) is 0. The van der Waals surface area contributed by atoms with Crippen molar-refractivity contribution in [2.24, 2.45) is 5.73 Å². The molecule has 0 bridgehead atoms. The molecular weight excluding hydrogens is 246 g/mol. The van der Waals surface area contributed by atoms with Crippen molar-refractivity contribution >= 4 is 5.82 Å². The van der Waals surface area contributed by atoms with Crippen molar-refractivity contribution in [1.82, 2.24) is 4.98 Å². The lowest BCUT2D eigenvalue weighted by Gasteiger charge is -2.20. The van der Waals surface area contributed by atoms with Crippen LogP contribution in [0.1, 0.15) is 35.6 Å². The molecule has 0 saturated carbocycles. The van der Waals surface area contributed by atoms with E-state index >= 15 is 0 Å². The predicted molar refractivity (Wildman–Crippen MR) is 82.9 cm³/mol. The van der Waals surface area contributed by atoms with Crippen molar-refractivity contribution < 1.29 is 0 Å². The molecule has 1 aliphatic heterocycles. The van der Waals surface area contributed by atoms with Gasteiger partial charge in [-0.05, 0) is 42.5 Å². The van der Waals surface area contributed by atoms with Gasteiger partial charge in [-0.25, -0.2) is 4.98 Å². The zero-order valence-electron chi connectivity index (χ0n) is 11.9. The average Bonchev–Trinajstić information content (AvgIpc) is 3.01. The highest BCUT2D eigenvalue weighted by Crippen LogP contribution is 2.26. The van der Waals surface area contributed by atoms with Crippen LogP contribution >= 0.6 is 0 Å². The Labute approximate surface area is 120 Å². The standard InChI is InChI=1S/C17H21N3/c1-13-11-15(16(18)14-7-3-2-4-8-14)12-19-17(13)20-9-5-6-10-20/h2-4,7-8,11-12,16H,5-6,9-10,18H2,1H3. The lowest BCUT2D eigenvalue weighted by Crippen LogP contribution is -2.21. The molecule has 2 N–H and O–H groups in total. The molecule has 20 heavy (non-hydrogen) atoms. The fourth-order valence-electron chi connectivity index (χ4n) is 2.87. The fourth-order valence-corrected chi connectivity index (χ4v) is 2.87. The Balaban J connectivity index is 1.86. The third kappa shape index (κ3) is 2.54. The van der Waals surface area contributed by atoms with Crippen LogP contribution in [-0.2, 0) is 0 Å². The summed E-state index contributed by atoms with van der Waals surface area (Å²) >= 11 is 0. The van der Waals surface area contributed by atoms with Gasteiger partial charge >= 0.3 is 0 Å². The van der Waals surface area contributed by atoms with Crippen LogP contribution in [0.4, 0.5) is 5.82 Å². The van der Waals surface area contributed by atoms with E-state index in [1.54, 1.807) is 0 Å². The molecule has 3 nitrogen and oxygen atoms in total. The third-order valence-corrected chi connectivity index (χ3v) is 4.00. The van der Waals surface area contributed by atoms with Gasteiger partial charge in [0.05, 0.1) is 6.04 Å². The van der Waals surface area contributed by atoms with Crippen LogP contribution in [-0.4, -0.2) is 18.1 Å². The Morgan fingerprint density at radius 1 is 1.10 bits per heavy atom. The molecule has 0 spiro atoms. The third-order valence-electron chi connectivity index (χ3n) is 4.00. The highest BCUT2D eigenvalue weighted by Gasteiger charge is 2.17. The Morgan fingerprint density at radius 2 is 1.80 bits per heavy atom. The number of rotatable bonds is 3. The van der Waals surface area contributed by atoms with Crippen molar-refractivity contribution in [2.75, 3.05) is 18.0 Å². The van der Waals surface area contributed by atoms with E-state index in [9.17, 15) is 0 Å². The number of nitrogens with zero attached hydrogens (tertiary/aromatic N) is 2. The summed E-state index contributed by atoms with van der Waals surface area (Å²) in [6, 6.07) is 12.3. The van der Waals surface area contributed by atoms with Crippen LogP contribution in [0.25, 0.3) is 0 Å². The second kappa shape index (κ2) is 5.63. The summed E-state index contributed by atoms with van der Waals surface area (Å²) in [4.78, 5) is 7.02. The molecule has 3 heteroatoms. The first-order chi connectivity index (χ1) is 9.75. The van der Waals surface area contributed by atoms with Crippen molar-refractivity contribution in [3.63, 3.8) is 0 Å². The van der Waals surface area contributed by atoms with E-state index in [4.69, 9.17) is 5.73 Å². The highest BCUT2D eigenvalue weighted by atomic mass is 15.2. The molecule has 1 aromatic carbocycles. The number of aryl methyl sites for hydroxylation is 1. The summed E-state index contributed by atoms with van der Waals surface area (Å²) < 4.78 is 0. The molecule has 104 valence electrons. The molecule has 1 aliphatic rings. The van der Waals surface area contributed by atoms with Gasteiger partial charge in [0.15, 0.2) is 0 Å². The molecule has 1 saturated heterocycles. The molecule has 3 rings (SSSR count). The minimum atomic E-state index is -0.102. The average molecular weight is 267 g/mol. The van der Waals surface area contributed by atoms with E-state index in [-0.39, 0.29) is 6.04 Å². The SMILES string of the molecule is Cc1cc(C(N)c2ccccc2)cnc1N1CCCC1. The van der Waals surface area contributed by atoms with Crippen LogP contribution in [0, 0.1) is 6.92 Å². The van der Waals surface area contributed by atoms with Crippen LogP contribution < -0.4 is 10.6 Å². The first kappa shape index (κ1) is 13.1. The first-order valence-electron chi connectivity index (χ1n) is 7.28. The Bertz CT molecular complexity index is 574. The molecule has 0 aliphatic carbocycles. The van der Waals surface area contributed by atoms with Gasteiger partial charge in [0.2, 0.25) is 0 Å². The van der Waals surface area contributed by atoms with Crippen LogP contribution in [0.5, 0.6) is 0 Å². The molecule has 1 aromatic heterocycles. The molecule has 1 unspecified atom stereocenters. The normalized spacial score (nSPS) is 16.4. The van der Waals surface area contributed by atoms with Crippen molar-refractivity contribution in [1.29, 1.82) is 0 Å². The van der Waals surface area contributed by atoms with Crippen LogP contribution in [0.2, 0.25) is 0 Å². The number of anilines is 1. The maximum Gasteiger partial charge on any atom is 0.131 e. The second-order valence-corrected chi connectivity index (χ2v) is 5.49. The predicted octanol–water partition coefficient (Wildman–Crippen LogP) is 3.04. The Kier molecular flexibility index (Phi) is 3.70. The van der Waals surface area contributed by atoms with E-state index in [0.29, 0.717) is 0 Å². The summed E-state index contributed by atoms with van der Waals surface area (Å²) in [7, 11) is 0. The van der Waals surface area contributed by atoms with E-state index < -0.39 is 0 Å². The minimum absolute atomic E-state index is 0.102. The highest BCUT2D eigenvalue weighted by molar-refractivity contribution is 5.49. The van der Waals surface area contributed by atoms with Gasteiger partial charge in [0, 0.05) is 19.3 Å². The number of pyridine rings is 1. The summed E-state index contributed by atoms with van der Waals surface area (Å²) in [5.41, 5.74) is 9.76. The molecule has 0 radical (unpaired) electrons. The van der Waals surface area contributed by atoms with E-state index in [1.807, 2.05) is 24.4 Å². The van der Waals surface area contributed by atoms with Crippen LogP contribution in [0.15, 0.2) is 42.6 Å². The van der Waals surface area contributed by atoms with E-state index in [0.717, 1.165) is 30.0 Å². The largest absolute Gasteiger partial charge is 0.356 e. The van der Waals surface area contributed by atoms with Crippen molar-refractivity contribution in [3.05, 3.63) is 59.3 Å². The minimum Gasteiger partial charge on any atom is -0.356 e. The maximum absolute atomic E-state index is 6.34. The molecule has 2 heterocycles. The van der Waals surface area contributed by atoms with E-state index in [1.165, 1.54) is 18.4 Å². The van der Waals surface area contributed by atoms with Gasteiger partial charge in [0.1, 0.15) is 5.82 Å². The maximum atomic E-state index is 6.34. The monoisotopic (exact) mass is 267 g/mol. The molecule has 1 fully saturated rings. The van der Waals surface area contributed by atoms with Gasteiger partial charge < -0.3 is 10.6 Å². The fraction of sp³-hybridized carbons (Fsp3) is 0.353. The van der Waals surface area contributed by atoms with Crippen LogP contribution in [0.3, 0.4) is 0 Å². The van der Waals surface area contributed by atoms with Crippen molar-refractivity contribution in [3.8, 4) is 0 Å². The quantitative estimate of drug-likeness (QED) is 0.929. The number of hydrogen-bond donors (Lipinski definition) is 1. The Hall–Kier alpha value is -1.87. The van der Waals surface area contributed by atoms with Gasteiger partial charge in [-0.1, -0.05) is 30.3 Å². The molecular formula is C17H21N3. The summed E-state index contributed by atoms with van der Waals surface area (Å²) in [6.45, 7) is 4.37. The topological polar surface area (TPSA) is 42.1 Å². The van der Waals surface area contributed by atoms with Gasteiger partial charge in [0.25, 0.3) is 0 Å². The van der Waals surface area contributed by atoms with Gasteiger partial charge in [-0.15, -0.1) is 0 Å². The van der Waals surface area contributed by atoms with Gasteiger partial charge in [-0.3, -0.25) is 0 Å².